The van der Waals surface area contributed by atoms with E-state index in [9.17, 15) is 0 Å². The second-order valence-corrected chi connectivity index (χ2v) is 4.02. The van der Waals surface area contributed by atoms with Crippen molar-refractivity contribution in [2.24, 2.45) is 0 Å². The molecular formula is C9H12N4S. The van der Waals surface area contributed by atoms with Gasteiger partial charge >= 0.3 is 0 Å². The molecule has 0 saturated carbocycles. The van der Waals surface area contributed by atoms with Crippen molar-refractivity contribution in [1.29, 1.82) is 0 Å². The largest absolute Gasteiger partial charge is 0.347 e. The molecule has 0 bridgehead atoms. The van der Waals surface area contributed by atoms with Crippen LogP contribution in [0, 0.1) is 0 Å². The van der Waals surface area contributed by atoms with Crippen LogP contribution in [0.2, 0.25) is 0 Å². The van der Waals surface area contributed by atoms with Crippen LogP contribution in [0.25, 0.3) is 0 Å². The average Bonchev–Trinajstić information content (AvgIpc) is 2.87. The van der Waals surface area contributed by atoms with Gasteiger partial charge in [0.15, 0.2) is 0 Å². The molecule has 0 aliphatic rings. The van der Waals surface area contributed by atoms with Gasteiger partial charge in [-0.1, -0.05) is 0 Å². The van der Waals surface area contributed by atoms with E-state index in [-0.39, 0.29) is 6.04 Å². The molecule has 0 spiro atoms. The molecule has 0 saturated heterocycles. The minimum absolute atomic E-state index is 0.243. The Hall–Kier alpha value is -1.20. The molecule has 4 nitrogen and oxygen atoms in total. The van der Waals surface area contributed by atoms with Crippen molar-refractivity contribution in [3.8, 4) is 0 Å². The maximum atomic E-state index is 4.19. The van der Waals surface area contributed by atoms with Crippen LogP contribution in [0.15, 0.2) is 24.1 Å². The van der Waals surface area contributed by atoms with Crippen LogP contribution in [-0.4, -0.2) is 15.0 Å². The van der Waals surface area contributed by atoms with Gasteiger partial charge in [-0.3, -0.25) is 4.98 Å². The summed E-state index contributed by atoms with van der Waals surface area (Å²) in [6, 6.07) is 0.243. The zero-order valence-corrected chi connectivity index (χ0v) is 8.71. The maximum Gasteiger partial charge on any atom is 0.122 e. The Morgan fingerprint density at radius 1 is 1.64 bits per heavy atom. The maximum absolute atomic E-state index is 4.19. The molecule has 0 aromatic carbocycles. The molecule has 5 heteroatoms. The molecule has 0 fully saturated rings. The van der Waals surface area contributed by atoms with Crippen LogP contribution in [0.3, 0.4) is 0 Å². The van der Waals surface area contributed by atoms with Gasteiger partial charge in [-0.15, -0.1) is 11.3 Å². The Kier molecular flexibility index (Phi) is 2.90. The van der Waals surface area contributed by atoms with E-state index in [1.807, 2.05) is 17.9 Å². The summed E-state index contributed by atoms with van der Waals surface area (Å²) in [6.07, 6.45) is 5.48. The molecule has 2 heterocycles. The first-order valence-electron chi connectivity index (χ1n) is 4.46. The molecule has 2 N–H and O–H groups in total. The van der Waals surface area contributed by atoms with Crippen molar-refractivity contribution in [3.05, 3.63) is 34.8 Å². The average molecular weight is 208 g/mol. The minimum Gasteiger partial charge on any atom is -0.347 e. The molecule has 0 radical (unpaired) electrons. The lowest BCUT2D eigenvalue weighted by atomic mass is 10.3. The van der Waals surface area contributed by atoms with E-state index in [0.29, 0.717) is 0 Å². The number of rotatable bonds is 4. The zero-order valence-electron chi connectivity index (χ0n) is 7.90. The third kappa shape index (κ3) is 2.18. The standard InChI is InChI=1S/C9H12N4S/c1-7(9-11-2-3-12-9)13-5-8-4-10-6-14-8/h2-4,6-7,13H,5H2,1H3,(H,11,12). The predicted molar refractivity (Wildman–Crippen MR) is 56.0 cm³/mol. The Bertz CT molecular complexity index is 354. The molecule has 1 atom stereocenters. The van der Waals surface area contributed by atoms with Crippen LogP contribution >= 0.6 is 11.3 Å². The van der Waals surface area contributed by atoms with E-state index < -0.39 is 0 Å². The Labute approximate surface area is 86.4 Å². The lowest BCUT2D eigenvalue weighted by molar-refractivity contribution is 0.554. The summed E-state index contributed by atoms with van der Waals surface area (Å²) < 4.78 is 0. The summed E-state index contributed by atoms with van der Waals surface area (Å²) in [5, 5.41) is 3.36. The molecule has 2 aromatic rings. The number of thiazole rings is 1. The molecule has 0 aliphatic carbocycles. The SMILES string of the molecule is CC(NCc1cncs1)c1ncc[nH]1. The first-order valence-corrected chi connectivity index (χ1v) is 5.34. The van der Waals surface area contributed by atoms with Crippen molar-refractivity contribution in [2.75, 3.05) is 0 Å². The van der Waals surface area contributed by atoms with Gasteiger partial charge in [0.1, 0.15) is 5.82 Å². The quantitative estimate of drug-likeness (QED) is 0.804. The van der Waals surface area contributed by atoms with Crippen LogP contribution in [0.5, 0.6) is 0 Å². The summed E-state index contributed by atoms with van der Waals surface area (Å²) in [6.45, 7) is 2.92. The summed E-state index contributed by atoms with van der Waals surface area (Å²) in [5.74, 6) is 0.967. The number of hydrogen-bond donors (Lipinski definition) is 2. The van der Waals surface area contributed by atoms with Gasteiger partial charge in [0, 0.05) is 30.0 Å². The highest BCUT2D eigenvalue weighted by Crippen LogP contribution is 2.09. The molecule has 74 valence electrons. The third-order valence-corrected chi connectivity index (χ3v) is 2.78. The molecule has 14 heavy (non-hydrogen) atoms. The molecule has 0 amide bonds. The van der Waals surface area contributed by atoms with Gasteiger partial charge in [0.05, 0.1) is 11.6 Å². The molecule has 0 aliphatic heterocycles. The van der Waals surface area contributed by atoms with Crippen LogP contribution in [0.4, 0.5) is 0 Å². The number of imidazole rings is 1. The number of nitrogens with zero attached hydrogens (tertiary/aromatic N) is 2. The van der Waals surface area contributed by atoms with E-state index in [1.54, 1.807) is 17.5 Å². The zero-order chi connectivity index (χ0) is 9.80. The van der Waals surface area contributed by atoms with E-state index in [0.717, 1.165) is 12.4 Å². The van der Waals surface area contributed by atoms with E-state index in [1.165, 1.54) is 4.88 Å². The summed E-state index contributed by atoms with van der Waals surface area (Å²) in [7, 11) is 0. The lowest BCUT2D eigenvalue weighted by Crippen LogP contribution is -2.18. The van der Waals surface area contributed by atoms with Gasteiger partial charge in [-0.05, 0) is 6.92 Å². The highest BCUT2D eigenvalue weighted by Gasteiger charge is 2.06. The number of nitrogens with one attached hydrogen (secondary N) is 2. The first-order chi connectivity index (χ1) is 6.86. The van der Waals surface area contributed by atoms with Gasteiger partial charge in [0.2, 0.25) is 0 Å². The highest BCUT2D eigenvalue weighted by molar-refractivity contribution is 7.09. The van der Waals surface area contributed by atoms with E-state index in [4.69, 9.17) is 0 Å². The van der Waals surface area contributed by atoms with Crippen molar-refractivity contribution in [1.82, 2.24) is 20.3 Å². The first kappa shape index (κ1) is 9.36. The van der Waals surface area contributed by atoms with Crippen LogP contribution in [0.1, 0.15) is 23.7 Å². The Morgan fingerprint density at radius 2 is 2.57 bits per heavy atom. The molecule has 2 aromatic heterocycles. The second kappa shape index (κ2) is 4.34. The van der Waals surface area contributed by atoms with Gasteiger partial charge < -0.3 is 10.3 Å². The van der Waals surface area contributed by atoms with Crippen LogP contribution < -0.4 is 5.32 Å². The minimum atomic E-state index is 0.243. The van der Waals surface area contributed by atoms with Crippen molar-refractivity contribution >= 4 is 11.3 Å². The van der Waals surface area contributed by atoms with Crippen molar-refractivity contribution in [3.63, 3.8) is 0 Å². The van der Waals surface area contributed by atoms with Crippen molar-refractivity contribution < 1.29 is 0 Å². The normalized spacial score (nSPS) is 12.9. The number of hydrogen-bond acceptors (Lipinski definition) is 4. The second-order valence-electron chi connectivity index (χ2n) is 3.04. The number of aromatic amines is 1. The van der Waals surface area contributed by atoms with E-state index >= 15 is 0 Å². The van der Waals surface area contributed by atoms with Gasteiger partial charge in [-0.2, -0.15) is 0 Å². The van der Waals surface area contributed by atoms with Gasteiger partial charge in [0.25, 0.3) is 0 Å². The fourth-order valence-corrected chi connectivity index (χ4v) is 1.74. The molecule has 1 unspecified atom stereocenters. The number of aromatic nitrogens is 3. The summed E-state index contributed by atoms with van der Waals surface area (Å²) >= 11 is 1.66. The fraction of sp³-hybridized carbons (Fsp3) is 0.333. The topological polar surface area (TPSA) is 53.6 Å². The number of H-pyrrole nitrogens is 1. The van der Waals surface area contributed by atoms with E-state index in [2.05, 4.69) is 27.2 Å². The molecular weight excluding hydrogens is 196 g/mol. The van der Waals surface area contributed by atoms with Crippen LogP contribution in [-0.2, 0) is 6.54 Å². The Balaban J connectivity index is 1.87. The highest BCUT2D eigenvalue weighted by atomic mass is 32.1. The fourth-order valence-electron chi connectivity index (χ4n) is 1.19. The summed E-state index contributed by atoms with van der Waals surface area (Å²) in [4.78, 5) is 12.5. The lowest BCUT2D eigenvalue weighted by Gasteiger charge is -2.09. The van der Waals surface area contributed by atoms with Crippen molar-refractivity contribution in [2.45, 2.75) is 19.5 Å². The smallest absolute Gasteiger partial charge is 0.122 e. The molecule has 2 rings (SSSR count). The Morgan fingerprint density at radius 3 is 3.21 bits per heavy atom. The summed E-state index contributed by atoms with van der Waals surface area (Å²) in [5.41, 5.74) is 1.84. The monoisotopic (exact) mass is 208 g/mol. The predicted octanol–water partition coefficient (Wildman–Crippen LogP) is 1.72. The third-order valence-electron chi connectivity index (χ3n) is 2.00. The van der Waals surface area contributed by atoms with Gasteiger partial charge in [-0.25, -0.2) is 4.98 Å².